The quantitative estimate of drug-likeness (QED) is 0.395. The predicted octanol–water partition coefficient (Wildman–Crippen LogP) is 5.29. The molecule has 0 radical (unpaired) electrons. The van der Waals surface area contributed by atoms with Crippen LogP contribution in [0, 0.1) is 0 Å². The molecule has 0 spiro atoms. The zero-order chi connectivity index (χ0) is 11.8. The molecule has 0 aromatic carbocycles. The van der Waals surface area contributed by atoms with E-state index in [0.717, 1.165) is 19.3 Å². The summed E-state index contributed by atoms with van der Waals surface area (Å²) < 4.78 is -0.483. The molecular weight excluding hydrogens is 215 g/mol. The summed E-state index contributed by atoms with van der Waals surface area (Å²) in [5, 5.41) is 0. The van der Waals surface area contributed by atoms with E-state index in [0.29, 0.717) is 0 Å². The number of alkyl halides is 2. The van der Waals surface area contributed by atoms with Crippen molar-refractivity contribution in [2.45, 2.75) is 37.4 Å². The van der Waals surface area contributed by atoms with Crippen LogP contribution in [0.1, 0.15) is 33.1 Å². The molecule has 0 bridgehead atoms. The van der Waals surface area contributed by atoms with Gasteiger partial charge in [0.1, 0.15) is 4.33 Å². The van der Waals surface area contributed by atoms with Crippen molar-refractivity contribution in [1.29, 1.82) is 0 Å². The summed E-state index contributed by atoms with van der Waals surface area (Å²) in [4.78, 5) is 0. The number of rotatable bonds is 0. The molecule has 0 saturated carbocycles. The molecule has 0 aliphatic heterocycles. The number of hydrogen-bond donors (Lipinski definition) is 0. The summed E-state index contributed by atoms with van der Waals surface area (Å²) >= 11 is 11.9. The van der Waals surface area contributed by atoms with Gasteiger partial charge in [0.25, 0.3) is 0 Å². The van der Waals surface area contributed by atoms with Gasteiger partial charge in [-0.15, -0.1) is 49.5 Å². The van der Waals surface area contributed by atoms with Crippen molar-refractivity contribution in [1.82, 2.24) is 0 Å². The molecule has 0 unspecified atom stereocenters. The summed E-state index contributed by atoms with van der Waals surface area (Å²) in [5.41, 5.74) is 2.81. The highest BCUT2D eigenvalue weighted by molar-refractivity contribution is 6.48. The van der Waals surface area contributed by atoms with Crippen molar-refractivity contribution in [3.8, 4) is 0 Å². The Hall–Kier alpha value is -0.200. The lowest BCUT2D eigenvalue weighted by atomic mass is 9.93. The molecule has 82 valence electrons. The van der Waals surface area contributed by atoms with Gasteiger partial charge in [-0.1, -0.05) is 11.1 Å². The van der Waals surface area contributed by atoms with Gasteiger partial charge in [-0.3, -0.25) is 0 Å². The molecule has 2 heteroatoms. The van der Waals surface area contributed by atoms with E-state index in [9.17, 15) is 0 Å². The first-order chi connectivity index (χ1) is 6.51. The van der Waals surface area contributed by atoms with Crippen LogP contribution in [-0.2, 0) is 0 Å². The lowest BCUT2D eigenvalue weighted by Crippen LogP contribution is -2.17. The first-order valence-corrected chi connectivity index (χ1v) is 5.30. The van der Waals surface area contributed by atoms with Gasteiger partial charge >= 0.3 is 0 Å². The molecule has 0 aromatic heterocycles. The van der Waals surface area contributed by atoms with Crippen molar-refractivity contribution in [2.75, 3.05) is 0 Å². The molecule has 0 atom stereocenters. The van der Waals surface area contributed by atoms with Crippen molar-refractivity contribution >= 4 is 23.2 Å². The SMILES string of the molecule is C=C.C=C.CC1=C(C)CC(Cl)(Cl)CC1. The lowest BCUT2D eigenvalue weighted by molar-refractivity contribution is 0.632. The second kappa shape index (κ2) is 8.14. The van der Waals surface area contributed by atoms with Gasteiger partial charge in [-0.05, 0) is 26.7 Å². The van der Waals surface area contributed by atoms with E-state index >= 15 is 0 Å². The summed E-state index contributed by atoms with van der Waals surface area (Å²) in [6, 6.07) is 0. The smallest absolute Gasteiger partial charge is 0.106 e. The van der Waals surface area contributed by atoms with Gasteiger partial charge in [-0.25, -0.2) is 0 Å². The summed E-state index contributed by atoms with van der Waals surface area (Å²) in [5.74, 6) is 0. The van der Waals surface area contributed by atoms with Crippen LogP contribution in [0.4, 0.5) is 0 Å². The lowest BCUT2D eigenvalue weighted by Gasteiger charge is -2.26. The standard InChI is InChI=1S/C8H12Cl2.2C2H4/c1-6-3-4-8(9,10)5-7(6)2;2*1-2/h3-5H2,1-2H3;2*1-2H2. The molecule has 0 saturated heterocycles. The fourth-order valence-electron chi connectivity index (χ4n) is 1.21. The monoisotopic (exact) mass is 234 g/mol. The Balaban J connectivity index is 0. The third kappa shape index (κ3) is 6.28. The van der Waals surface area contributed by atoms with Crippen molar-refractivity contribution in [3.63, 3.8) is 0 Å². The Morgan fingerprint density at radius 1 is 1.00 bits per heavy atom. The molecule has 0 N–H and O–H groups in total. The van der Waals surface area contributed by atoms with E-state index in [2.05, 4.69) is 40.2 Å². The van der Waals surface area contributed by atoms with Crippen LogP contribution in [0.2, 0.25) is 0 Å². The minimum Gasteiger partial charge on any atom is -0.106 e. The Kier molecular flexibility index (Phi) is 9.44. The van der Waals surface area contributed by atoms with E-state index in [1.165, 1.54) is 11.1 Å². The first kappa shape index (κ1) is 16.2. The molecule has 0 nitrogen and oxygen atoms in total. The van der Waals surface area contributed by atoms with E-state index in [1.807, 2.05) is 0 Å². The molecule has 1 aliphatic carbocycles. The van der Waals surface area contributed by atoms with Gasteiger partial charge in [0, 0.05) is 6.42 Å². The Morgan fingerprint density at radius 3 is 1.71 bits per heavy atom. The highest BCUT2D eigenvalue weighted by atomic mass is 35.5. The summed E-state index contributed by atoms with van der Waals surface area (Å²) in [6.07, 6.45) is 2.79. The molecule has 0 aromatic rings. The average Bonchev–Trinajstić information content (AvgIpc) is 2.18. The Bertz CT molecular complexity index is 190. The highest BCUT2D eigenvalue weighted by Crippen LogP contribution is 2.40. The Labute approximate surface area is 98.3 Å². The van der Waals surface area contributed by atoms with E-state index in [1.54, 1.807) is 0 Å². The topological polar surface area (TPSA) is 0 Å². The third-order valence-electron chi connectivity index (χ3n) is 2.12. The van der Waals surface area contributed by atoms with Crippen molar-refractivity contribution in [3.05, 3.63) is 37.5 Å². The molecule has 0 amide bonds. The van der Waals surface area contributed by atoms with Gasteiger partial charge < -0.3 is 0 Å². The predicted molar refractivity (Wildman–Crippen MR) is 69.2 cm³/mol. The molecule has 1 rings (SSSR count). The van der Waals surface area contributed by atoms with Gasteiger partial charge in [0.05, 0.1) is 0 Å². The van der Waals surface area contributed by atoms with Crippen LogP contribution in [-0.4, -0.2) is 4.33 Å². The van der Waals surface area contributed by atoms with E-state index in [-0.39, 0.29) is 0 Å². The van der Waals surface area contributed by atoms with Crippen molar-refractivity contribution < 1.29 is 0 Å². The maximum absolute atomic E-state index is 5.96. The molecule has 0 heterocycles. The maximum Gasteiger partial charge on any atom is 0.122 e. The van der Waals surface area contributed by atoms with Gasteiger partial charge in [0.15, 0.2) is 0 Å². The third-order valence-corrected chi connectivity index (χ3v) is 2.76. The fraction of sp³-hybridized carbons (Fsp3) is 0.500. The van der Waals surface area contributed by atoms with Crippen LogP contribution in [0.5, 0.6) is 0 Å². The van der Waals surface area contributed by atoms with Crippen molar-refractivity contribution in [2.24, 2.45) is 0 Å². The first-order valence-electron chi connectivity index (χ1n) is 4.54. The second-order valence-electron chi connectivity index (χ2n) is 3.09. The summed E-state index contributed by atoms with van der Waals surface area (Å²) in [7, 11) is 0. The summed E-state index contributed by atoms with van der Waals surface area (Å²) in [6.45, 7) is 16.3. The molecule has 14 heavy (non-hydrogen) atoms. The molecular formula is C12H20Cl2. The minimum absolute atomic E-state index is 0.483. The largest absolute Gasteiger partial charge is 0.122 e. The molecule has 0 fully saturated rings. The number of halogens is 2. The zero-order valence-corrected chi connectivity index (χ0v) is 10.7. The van der Waals surface area contributed by atoms with E-state index < -0.39 is 4.33 Å². The highest BCUT2D eigenvalue weighted by Gasteiger charge is 2.28. The second-order valence-corrected chi connectivity index (χ2v) is 4.73. The fourth-order valence-corrected chi connectivity index (χ4v) is 1.80. The molecule has 1 aliphatic rings. The van der Waals surface area contributed by atoms with Crippen LogP contribution < -0.4 is 0 Å². The van der Waals surface area contributed by atoms with Crippen LogP contribution in [0.25, 0.3) is 0 Å². The van der Waals surface area contributed by atoms with Crippen LogP contribution in [0.15, 0.2) is 37.5 Å². The number of allylic oxidation sites excluding steroid dienone is 2. The zero-order valence-electron chi connectivity index (χ0n) is 9.21. The normalized spacial score (nSPS) is 18.6. The minimum atomic E-state index is -0.483. The Morgan fingerprint density at radius 2 is 1.43 bits per heavy atom. The number of hydrogen-bond acceptors (Lipinski definition) is 0. The van der Waals surface area contributed by atoms with Crippen LogP contribution in [0.3, 0.4) is 0 Å². The average molecular weight is 235 g/mol. The maximum atomic E-state index is 5.96. The van der Waals surface area contributed by atoms with Crippen LogP contribution >= 0.6 is 23.2 Å². The van der Waals surface area contributed by atoms with Gasteiger partial charge in [-0.2, -0.15) is 0 Å². The van der Waals surface area contributed by atoms with E-state index in [4.69, 9.17) is 23.2 Å². The van der Waals surface area contributed by atoms with Gasteiger partial charge in [0.2, 0.25) is 0 Å².